The van der Waals surface area contributed by atoms with Gasteiger partial charge in [0, 0.05) is 17.2 Å². The van der Waals surface area contributed by atoms with E-state index in [1.54, 1.807) is 19.1 Å². The summed E-state index contributed by atoms with van der Waals surface area (Å²) >= 11 is 0. The fourth-order valence-electron chi connectivity index (χ4n) is 3.18. The molecule has 2 aromatic carbocycles. The van der Waals surface area contributed by atoms with Gasteiger partial charge in [0.05, 0.1) is 33.8 Å². The largest absolute Gasteiger partial charge is 0.504 e. The highest BCUT2D eigenvalue weighted by Crippen LogP contribution is 2.49. The Morgan fingerprint density at radius 3 is 2.11 bits per heavy atom. The van der Waals surface area contributed by atoms with E-state index >= 15 is 0 Å². The Balaban J connectivity index is 2.49. The topological polar surface area (TPSA) is 87.4 Å². The van der Waals surface area contributed by atoms with Crippen LogP contribution in [0.5, 0.6) is 28.7 Å². The van der Waals surface area contributed by atoms with Crippen molar-refractivity contribution in [1.29, 1.82) is 0 Å². The third-order valence-electron chi connectivity index (χ3n) is 4.38. The summed E-state index contributed by atoms with van der Waals surface area (Å²) in [5.41, 5.74) is 1.51. The third kappa shape index (κ3) is 2.91. The van der Waals surface area contributed by atoms with Crippen LogP contribution < -0.4 is 24.6 Å². The lowest BCUT2D eigenvalue weighted by molar-refractivity contribution is 0.325. The number of aromatic hydroxyl groups is 1. The molecule has 27 heavy (non-hydrogen) atoms. The molecule has 1 N–H and O–H groups in total. The second-order valence-electron chi connectivity index (χ2n) is 5.79. The van der Waals surface area contributed by atoms with Gasteiger partial charge in [-0.2, -0.15) is 0 Å². The Morgan fingerprint density at radius 2 is 1.56 bits per heavy atom. The normalized spacial score (nSPS) is 10.7. The molecule has 1 aromatic heterocycles. The van der Waals surface area contributed by atoms with E-state index in [4.69, 9.17) is 23.4 Å². The molecule has 142 valence electrons. The first-order valence-corrected chi connectivity index (χ1v) is 8.10. The van der Waals surface area contributed by atoms with Crippen LogP contribution in [0.2, 0.25) is 0 Å². The molecule has 0 fully saturated rings. The zero-order valence-electron chi connectivity index (χ0n) is 15.7. The summed E-state index contributed by atoms with van der Waals surface area (Å²) < 4.78 is 27.0. The number of phenolic OH excluding ortho intramolecular Hbond substituents is 1. The van der Waals surface area contributed by atoms with Crippen molar-refractivity contribution in [1.82, 2.24) is 0 Å². The maximum absolute atomic E-state index is 12.2. The summed E-state index contributed by atoms with van der Waals surface area (Å²) in [5, 5.41) is 10.7. The van der Waals surface area contributed by atoms with Crippen molar-refractivity contribution in [3.63, 3.8) is 0 Å². The zero-order chi connectivity index (χ0) is 19.7. The number of aryl methyl sites for hydroxylation is 1. The van der Waals surface area contributed by atoms with Crippen LogP contribution in [0.1, 0.15) is 5.56 Å². The SMILES string of the molecule is COc1ccc(-c2cc(=O)oc3c(C)c(OC)c(OC)c(OC)c23)cc1O. The van der Waals surface area contributed by atoms with E-state index in [1.165, 1.54) is 40.6 Å². The summed E-state index contributed by atoms with van der Waals surface area (Å²) in [6, 6.07) is 6.21. The number of ether oxygens (including phenoxy) is 4. The van der Waals surface area contributed by atoms with Crippen LogP contribution in [0, 0.1) is 6.92 Å². The quantitative estimate of drug-likeness (QED) is 0.686. The predicted octanol–water partition coefficient (Wildman–Crippen LogP) is 3.51. The Labute approximate surface area is 155 Å². The fraction of sp³-hybridized carbons (Fsp3) is 0.250. The van der Waals surface area contributed by atoms with Crippen molar-refractivity contribution in [2.45, 2.75) is 6.92 Å². The second kappa shape index (κ2) is 7.11. The van der Waals surface area contributed by atoms with Gasteiger partial charge in [-0.1, -0.05) is 6.07 Å². The van der Waals surface area contributed by atoms with Crippen molar-refractivity contribution in [3.05, 3.63) is 40.2 Å². The van der Waals surface area contributed by atoms with Gasteiger partial charge in [0.15, 0.2) is 23.0 Å². The molecule has 0 radical (unpaired) electrons. The lowest BCUT2D eigenvalue weighted by Crippen LogP contribution is -2.04. The molecule has 0 saturated heterocycles. The van der Waals surface area contributed by atoms with Gasteiger partial charge in [-0.25, -0.2) is 4.79 Å². The summed E-state index contributed by atoms with van der Waals surface area (Å²) in [6.07, 6.45) is 0. The second-order valence-corrected chi connectivity index (χ2v) is 5.79. The summed E-state index contributed by atoms with van der Waals surface area (Å²) in [4.78, 5) is 12.2. The Kier molecular flexibility index (Phi) is 4.85. The highest BCUT2D eigenvalue weighted by atomic mass is 16.5. The highest BCUT2D eigenvalue weighted by molar-refractivity contribution is 6.02. The molecule has 3 aromatic rings. The molecule has 0 aliphatic heterocycles. The Bertz CT molecular complexity index is 1070. The van der Waals surface area contributed by atoms with Gasteiger partial charge < -0.3 is 28.5 Å². The summed E-state index contributed by atoms with van der Waals surface area (Å²) in [6.45, 7) is 1.77. The van der Waals surface area contributed by atoms with Crippen LogP contribution in [0.4, 0.5) is 0 Å². The minimum atomic E-state index is -0.537. The zero-order valence-corrected chi connectivity index (χ0v) is 15.7. The van der Waals surface area contributed by atoms with Crippen LogP contribution in [0.3, 0.4) is 0 Å². The number of phenols is 1. The molecular formula is C20H20O7. The molecule has 0 bridgehead atoms. The van der Waals surface area contributed by atoms with Crippen molar-refractivity contribution < 1.29 is 28.5 Å². The molecule has 0 amide bonds. The van der Waals surface area contributed by atoms with E-state index in [0.717, 1.165) is 0 Å². The molecule has 0 spiro atoms. The minimum absolute atomic E-state index is 0.0486. The standard InChI is InChI=1S/C20H20O7/c1-10-17-16(19(25-4)20(26-5)18(10)24-3)12(9-15(22)27-17)11-6-7-14(23-2)13(21)8-11/h6-9,21H,1-5H3. The number of hydrogen-bond acceptors (Lipinski definition) is 7. The first-order chi connectivity index (χ1) is 13.0. The smallest absolute Gasteiger partial charge is 0.336 e. The molecule has 0 aliphatic rings. The van der Waals surface area contributed by atoms with E-state index in [2.05, 4.69) is 0 Å². The first-order valence-electron chi connectivity index (χ1n) is 8.10. The number of rotatable bonds is 5. The van der Waals surface area contributed by atoms with Gasteiger partial charge in [-0.15, -0.1) is 0 Å². The van der Waals surface area contributed by atoms with E-state index in [1.807, 2.05) is 0 Å². The van der Waals surface area contributed by atoms with E-state index in [0.29, 0.717) is 50.7 Å². The lowest BCUT2D eigenvalue weighted by Gasteiger charge is -2.18. The number of methoxy groups -OCH3 is 4. The number of fused-ring (bicyclic) bond motifs is 1. The van der Waals surface area contributed by atoms with Gasteiger partial charge in [0.1, 0.15) is 5.58 Å². The Morgan fingerprint density at radius 1 is 0.889 bits per heavy atom. The molecule has 3 rings (SSSR count). The maximum Gasteiger partial charge on any atom is 0.336 e. The van der Waals surface area contributed by atoms with Gasteiger partial charge in [0.25, 0.3) is 0 Å². The minimum Gasteiger partial charge on any atom is -0.504 e. The average Bonchev–Trinajstić information content (AvgIpc) is 2.67. The Hall–Kier alpha value is -3.35. The molecule has 0 aliphatic carbocycles. The van der Waals surface area contributed by atoms with Gasteiger partial charge in [-0.05, 0) is 24.6 Å². The molecule has 0 atom stereocenters. The van der Waals surface area contributed by atoms with Gasteiger partial charge >= 0.3 is 5.63 Å². The monoisotopic (exact) mass is 372 g/mol. The van der Waals surface area contributed by atoms with Crippen LogP contribution in [-0.4, -0.2) is 33.5 Å². The number of hydrogen-bond donors (Lipinski definition) is 1. The van der Waals surface area contributed by atoms with Crippen LogP contribution in [0.15, 0.2) is 33.5 Å². The highest BCUT2D eigenvalue weighted by Gasteiger charge is 2.25. The van der Waals surface area contributed by atoms with Gasteiger partial charge in [0.2, 0.25) is 5.75 Å². The van der Waals surface area contributed by atoms with Crippen LogP contribution >= 0.6 is 0 Å². The molecule has 7 nitrogen and oxygen atoms in total. The number of benzene rings is 2. The van der Waals surface area contributed by atoms with Crippen LogP contribution in [-0.2, 0) is 0 Å². The van der Waals surface area contributed by atoms with Crippen LogP contribution in [0.25, 0.3) is 22.1 Å². The fourth-order valence-corrected chi connectivity index (χ4v) is 3.18. The molecule has 7 heteroatoms. The van der Waals surface area contributed by atoms with Crippen molar-refractivity contribution in [3.8, 4) is 39.9 Å². The first kappa shape index (κ1) is 18.4. The van der Waals surface area contributed by atoms with E-state index in [-0.39, 0.29) is 5.75 Å². The molecule has 1 heterocycles. The average molecular weight is 372 g/mol. The summed E-state index contributed by atoms with van der Waals surface area (Å²) in [5.74, 6) is 1.45. The summed E-state index contributed by atoms with van der Waals surface area (Å²) in [7, 11) is 5.96. The molecule has 0 saturated carbocycles. The van der Waals surface area contributed by atoms with E-state index in [9.17, 15) is 9.90 Å². The van der Waals surface area contributed by atoms with Crippen molar-refractivity contribution in [2.24, 2.45) is 0 Å². The third-order valence-corrected chi connectivity index (χ3v) is 4.38. The van der Waals surface area contributed by atoms with Crippen molar-refractivity contribution in [2.75, 3.05) is 28.4 Å². The predicted molar refractivity (Wildman–Crippen MR) is 101 cm³/mol. The molecule has 0 unspecified atom stereocenters. The van der Waals surface area contributed by atoms with Crippen molar-refractivity contribution >= 4 is 11.0 Å². The molecular weight excluding hydrogens is 352 g/mol. The lowest BCUT2D eigenvalue weighted by atomic mass is 9.98. The van der Waals surface area contributed by atoms with Gasteiger partial charge in [-0.3, -0.25) is 0 Å². The maximum atomic E-state index is 12.2. The van der Waals surface area contributed by atoms with E-state index < -0.39 is 5.63 Å².